The Morgan fingerprint density at radius 2 is 1.54 bits per heavy atom. The molecule has 0 spiro atoms. The number of benzene rings is 3. The summed E-state index contributed by atoms with van der Waals surface area (Å²) < 4.78 is 0. The molecule has 0 saturated carbocycles. The van der Waals surface area contributed by atoms with Crippen LogP contribution in [0.2, 0.25) is 0 Å². The first-order valence-electron chi connectivity index (χ1n) is 21.5. The summed E-state index contributed by atoms with van der Waals surface area (Å²) in [6.45, 7) is 30.7. The van der Waals surface area contributed by atoms with Gasteiger partial charge in [-0.1, -0.05) is 201 Å². The maximum atomic E-state index is 4.34. The zero-order valence-electron chi connectivity index (χ0n) is 38.1. The number of rotatable bonds is 9. The number of hydrogen-bond donors (Lipinski definition) is 1. The quantitative estimate of drug-likeness (QED) is 0.215. The van der Waals surface area contributed by atoms with Crippen molar-refractivity contribution in [3.05, 3.63) is 234 Å². The van der Waals surface area contributed by atoms with Crippen molar-refractivity contribution in [2.24, 2.45) is 10.9 Å². The fraction of sp³-hybridized carbons (Fsp3) is 0.246. The first-order valence-corrected chi connectivity index (χ1v) is 21.5. The zero-order chi connectivity index (χ0) is 43.8. The molecule has 59 heavy (non-hydrogen) atoms. The lowest BCUT2D eigenvalue weighted by atomic mass is 9.87. The molecule has 0 aliphatic carbocycles. The van der Waals surface area contributed by atoms with Crippen molar-refractivity contribution in [1.82, 2.24) is 5.32 Å². The van der Waals surface area contributed by atoms with Crippen LogP contribution in [0.3, 0.4) is 0 Å². The van der Waals surface area contributed by atoms with Gasteiger partial charge in [-0.3, -0.25) is 4.99 Å². The van der Waals surface area contributed by atoms with Crippen LogP contribution in [-0.2, 0) is 6.42 Å². The minimum atomic E-state index is 0.539. The molecule has 2 aliphatic rings. The van der Waals surface area contributed by atoms with E-state index in [1.54, 1.807) is 0 Å². The Bertz CT molecular complexity index is 2050. The Labute approximate surface area is 360 Å². The van der Waals surface area contributed by atoms with E-state index in [1.165, 1.54) is 33.4 Å². The van der Waals surface area contributed by atoms with E-state index in [1.807, 2.05) is 96.6 Å². The van der Waals surface area contributed by atoms with Crippen LogP contribution in [0.5, 0.6) is 0 Å². The van der Waals surface area contributed by atoms with E-state index in [4.69, 9.17) is 0 Å². The number of nitrogens with zero attached hydrogens (tertiary/aromatic N) is 1. The summed E-state index contributed by atoms with van der Waals surface area (Å²) in [6.07, 6.45) is 34.9. The van der Waals surface area contributed by atoms with Gasteiger partial charge in [0.05, 0.1) is 0 Å². The third-order valence-corrected chi connectivity index (χ3v) is 9.17. The molecule has 2 aliphatic heterocycles. The predicted molar refractivity (Wildman–Crippen MR) is 268 cm³/mol. The molecule has 0 saturated heterocycles. The van der Waals surface area contributed by atoms with Gasteiger partial charge in [-0.2, -0.15) is 0 Å². The molecule has 2 heteroatoms. The van der Waals surface area contributed by atoms with Crippen LogP contribution in [-0.4, -0.2) is 6.21 Å². The van der Waals surface area contributed by atoms with Crippen LogP contribution in [0.4, 0.5) is 0 Å². The Balaban J connectivity index is 0.000000571. The molecule has 2 nitrogen and oxygen atoms in total. The lowest BCUT2D eigenvalue weighted by molar-refractivity contribution is 0.787. The Hall–Kier alpha value is -5.99. The lowest BCUT2D eigenvalue weighted by Gasteiger charge is -2.19. The summed E-state index contributed by atoms with van der Waals surface area (Å²) >= 11 is 0. The molecule has 2 heterocycles. The number of aryl methyl sites for hydroxylation is 1. The van der Waals surface area contributed by atoms with Crippen LogP contribution in [0.15, 0.2) is 211 Å². The maximum Gasteiger partial charge on any atom is 0.0456 e. The van der Waals surface area contributed by atoms with E-state index >= 15 is 0 Å². The highest BCUT2D eigenvalue weighted by molar-refractivity contribution is 5.81. The molecule has 3 aromatic rings. The Morgan fingerprint density at radius 1 is 0.864 bits per heavy atom. The van der Waals surface area contributed by atoms with Gasteiger partial charge in [0.1, 0.15) is 0 Å². The third kappa shape index (κ3) is 16.8. The van der Waals surface area contributed by atoms with Crippen molar-refractivity contribution in [2.75, 3.05) is 0 Å². The Morgan fingerprint density at radius 3 is 2.14 bits per heavy atom. The molecule has 5 rings (SSSR count). The van der Waals surface area contributed by atoms with Crippen LogP contribution in [0.25, 0.3) is 16.7 Å². The molecule has 0 fully saturated rings. The highest BCUT2D eigenvalue weighted by atomic mass is 14.8. The van der Waals surface area contributed by atoms with E-state index in [9.17, 15) is 0 Å². The van der Waals surface area contributed by atoms with E-state index < -0.39 is 0 Å². The highest BCUT2D eigenvalue weighted by Gasteiger charge is 2.16. The van der Waals surface area contributed by atoms with E-state index in [-0.39, 0.29) is 0 Å². The summed E-state index contributed by atoms with van der Waals surface area (Å²) in [6, 6.07) is 27.6. The number of aliphatic imine (C=N–C) groups is 1. The molecule has 1 unspecified atom stereocenters. The van der Waals surface area contributed by atoms with Gasteiger partial charge in [-0.25, -0.2) is 0 Å². The number of nitrogens with one attached hydrogen (secondary N) is 1. The van der Waals surface area contributed by atoms with E-state index in [0.29, 0.717) is 5.92 Å². The lowest BCUT2D eigenvalue weighted by Crippen LogP contribution is -2.08. The first-order chi connectivity index (χ1) is 28.9. The zero-order valence-corrected chi connectivity index (χ0v) is 38.1. The molecule has 0 aromatic heterocycles. The van der Waals surface area contributed by atoms with E-state index in [2.05, 4.69) is 179 Å². The SMILES string of the molecule is C/C=C\C(=C/C)c1ccc(C)c(C2=CN=CCC2C)c1.C=C/C=C1/C=C\C(c2ccccc2)=C/C=C/NC(\C=C/Cc2ccccc2)=C(C=C)/C1=C/C.CC.CC.CC. The average Bonchev–Trinajstić information content (AvgIpc) is 3.32. The van der Waals surface area contributed by atoms with Crippen molar-refractivity contribution >= 4 is 22.9 Å². The minimum absolute atomic E-state index is 0.539. The molecular formula is C57H72N2. The predicted octanol–water partition coefficient (Wildman–Crippen LogP) is 16.5. The van der Waals surface area contributed by atoms with Crippen LogP contribution >= 0.6 is 0 Å². The van der Waals surface area contributed by atoms with Crippen molar-refractivity contribution in [1.29, 1.82) is 0 Å². The highest BCUT2D eigenvalue weighted by Crippen LogP contribution is 2.32. The van der Waals surface area contributed by atoms with Crippen molar-refractivity contribution in [3.8, 4) is 0 Å². The first kappa shape index (κ1) is 51.0. The summed E-state index contributed by atoms with van der Waals surface area (Å²) in [4.78, 5) is 4.34. The van der Waals surface area contributed by atoms with Gasteiger partial charge in [0.15, 0.2) is 0 Å². The summed E-state index contributed by atoms with van der Waals surface area (Å²) in [5.74, 6) is 0.539. The van der Waals surface area contributed by atoms with Gasteiger partial charge in [-0.05, 0) is 120 Å². The molecule has 1 atom stereocenters. The van der Waals surface area contributed by atoms with Gasteiger partial charge >= 0.3 is 0 Å². The standard InChI is InChI=1S/C32H31N.C19H23N.3C2H6/c1-4-15-29-24-23-28(27-19-11-8-12-20-27)21-14-25-33-32(31(6-3)30(29)5-2)22-13-18-26-16-9-7-10-17-26;1-5-7-16(6-2)17-9-8-14(3)18(12-17)19-13-20-11-10-15(19)4;3*1-2/h4-17,19-25,33H,1,3,18H2,2H3;5-9,11-13,15H,10H2,1-4H3;3*1-2H3/b22-13-,24-23-,25-14+,28-21+,29-15-,30-5+,32-31-;7-5-,16-6+;;;. The third-order valence-electron chi connectivity index (χ3n) is 9.17. The fourth-order valence-corrected chi connectivity index (χ4v) is 6.29. The fourth-order valence-electron chi connectivity index (χ4n) is 6.29. The van der Waals surface area contributed by atoms with Gasteiger partial charge in [0, 0.05) is 29.9 Å². The van der Waals surface area contributed by atoms with Crippen molar-refractivity contribution < 1.29 is 0 Å². The summed E-state index contributed by atoms with van der Waals surface area (Å²) in [7, 11) is 0. The molecule has 3 aromatic carbocycles. The van der Waals surface area contributed by atoms with Crippen LogP contribution < -0.4 is 5.32 Å². The molecule has 1 N–H and O–H groups in total. The van der Waals surface area contributed by atoms with Gasteiger partial charge in [-0.15, -0.1) is 0 Å². The van der Waals surface area contributed by atoms with Crippen molar-refractivity contribution in [3.63, 3.8) is 0 Å². The van der Waals surface area contributed by atoms with Gasteiger partial charge in [0.2, 0.25) is 0 Å². The monoisotopic (exact) mass is 785 g/mol. The Kier molecular flexibility index (Phi) is 26.9. The minimum Gasteiger partial charge on any atom is -0.361 e. The largest absolute Gasteiger partial charge is 0.361 e. The number of hydrogen-bond acceptors (Lipinski definition) is 2. The average molecular weight is 785 g/mol. The molecule has 0 bridgehead atoms. The second kappa shape index (κ2) is 31.1. The van der Waals surface area contributed by atoms with E-state index in [0.717, 1.165) is 46.4 Å². The van der Waals surface area contributed by atoms with Crippen LogP contribution in [0.1, 0.15) is 103 Å². The smallest absolute Gasteiger partial charge is 0.0456 e. The number of allylic oxidation sites excluding steroid dienone is 19. The normalized spacial score (nSPS) is 19.6. The van der Waals surface area contributed by atoms with Gasteiger partial charge < -0.3 is 5.32 Å². The maximum absolute atomic E-state index is 4.34. The second-order valence-corrected chi connectivity index (χ2v) is 12.8. The molecule has 0 radical (unpaired) electrons. The molecule has 310 valence electrons. The summed E-state index contributed by atoms with van der Waals surface area (Å²) in [5.41, 5.74) is 14.3. The molecule has 0 amide bonds. The topological polar surface area (TPSA) is 24.4 Å². The molecular weight excluding hydrogens is 713 g/mol. The van der Waals surface area contributed by atoms with Crippen LogP contribution in [0, 0.1) is 12.8 Å². The van der Waals surface area contributed by atoms with Gasteiger partial charge in [0.25, 0.3) is 0 Å². The summed E-state index contributed by atoms with van der Waals surface area (Å²) in [5, 5.41) is 3.48. The second-order valence-electron chi connectivity index (χ2n) is 12.8. The van der Waals surface area contributed by atoms with Crippen molar-refractivity contribution in [2.45, 2.75) is 89.0 Å².